The number of non-ortho nitro benzene ring substituents is 1. The summed E-state index contributed by atoms with van der Waals surface area (Å²) >= 11 is 0. The average molecular weight is 390 g/mol. The second-order valence-electron chi connectivity index (χ2n) is 6.44. The van der Waals surface area contributed by atoms with Crippen LogP contribution < -0.4 is 5.32 Å². The summed E-state index contributed by atoms with van der Waals surface area (Å²) in [6, 6.07) is 5.62. The molecule has 0 bridgehead atoms. The van der Waals surface area contributed by atoms with Gasteiger partial charge in [-0.1, -0.05) is 12.1 Å². The molecule has 0 fully saturated rings. The number of nitrogens with one attached hydrogen (secondary N) is 1. The fourth-order valence-electron chi connectivity index (χ4n) is 3.07. The molecule has 0 saturated heterocycles. The number of aliphatic hydroxyl groups is 1. The number of ether oxygens (including phenoxy) is 2. The number of hydrogen-bond acceptors (Lipinski definition) is 8. The van der Waals surface area contributed by atoms with Gasteiger partial charge in [0.1, 0.15) is 0 Å². The predicted octanol–water partition coefficient (Wildman–Crippen LogP) is 1.93. The van der Waals surface area contributed by atoms with Crippen molar-refractivity contribution in [2.75, 3.05) is 13.7 Å². The zero-order valence-electron chi connectivity index (χ0n) is 16.0. The molecule has 1 aromatic carbocycles. The molecular formula is C19H22N2O7. The van der Waals surface area contributed by atoms with Gasteiger partial charge in [-0.2, -0.15) is 0 Å². The zero-order valence-corrected chi connectivity index (χ0v) is 16.0. The molecule has 0 saturated carbocycles. The van der Waals surface area contributed by atoms with Gasteiger partial charge in [-0.15, -0.1) is 0 Å². The topological polar surface area (TPSA) is 128 Å². The van der Waals surface area contributed by atoms with Gasteiger partial charge in [-0.05, 0) is 26.3 Å². The maximum absolute atomic E-state index is 12.8. The van der Waals surface area contributed by atoms with Crippen LogP contribution in [0.4, 0.5) is 5.69 Å². The van der Waals surface area contributed by atoms with Gasteiger partial charge in [0.05, 0.1) is 47.5 Å². The van der Waals surface area contributed by atoms with Crippen LogP contribution in [0.3, 0.4) is 0 Å². The van der Waals surface area contributed by atoms with Gasteiger partial charge >= 0.3 is 11.9 Å². The number of rotatable bonds is 6. The van der Waals surface area contributed by atoms with E-state index in [0.29, 0.717) is 11.3 Å². The molecule has 0 spiro atoms. The van der Waals surface area contributed by atoms with Crippen molar-refractivity contribution < 1.29 is 29.1 Å². The Morgan fingerprint density at radius 2 is 1.96 bits per heavy atom. The van der Waals surface area contributed by atoms with Gasteiger partial charge in [-0.3, -0.25) is 10.1 Å². The average Bonchev–Trinajstić information content (AvgIpc) is 2.65. The Balaban J connectivity index is 2.73. The Morgan fingerprint density at radius 3 is 2.50 bits per heavy atom. The molecule has 28 heavy (non-hydrogen) atoms. The van der Waals surface area contributed by atoms with Crippen LogP contribution in [0.1, 0.15) is 32.3 Å². The minimum absolute atomic E-state index is 0.00759. The molecule has 0 aliphatic carbocycles. The molecule has 1 aromatic rings. The van der Waals surface area contributed by atoms with E-state index >= 15 is 0 Å². The largest absolute Gasteiger partial charge is 0.466 e. The summed E-state index contributed by atoms with van der Waals surface area (Å²) < 4.78 is 10.2. The van der Waals surface area contributed by atoms with Gasteiger partial charge in [0.15, 0.2) is 0 Å². The second-order valence-corrected chi connectivity index (χ2v) is 6.44. The number of nitro benzene ring substituents is 1. The van der Waals surface area contributed by atoms with Crippen LogP contribution in [0.15, 0.2) is 46.8 Å². The summed E-state index contributed by atoms with van der Waals surface area (Å²) in [7, 11) is 1.17. The molecule has 0 amide bonds. The maximum atomic E-state index is 12.8. The first-order chi connectivity index (χ1) is 13.2. The lowest BCUT2D eigenvalue weighted by Gasteiger charge is -2.31. The van der Waals surface area contributed by atoms with Crippen molar-refractivity contribution in [2.24, 2.45) is 0 Å². The van der Waals surface area contributed by atoms with Crippen molar-refractivity contribution >= 4 is 17.6 Å². The third-order valence-electron chi connectivity index (χ3n) is 4.19. The SMILES string of the molecule is COC(=O)C1=C(CO)NC(C)=C(C(=O)OC(C)C)[C@H]1c1cccc([N+](=O)[O-])c1. The van der Waals surface area contributed by atoms with Crippen LogP contribution >= 0.6 is 0 Å². The Morgan fingerprint density at radius 1 is 1.29 bits per heavy atom. The van der Waals surface area contributed by atoms with Gasteiger partial charge < -0.3 is 19.9 Å². The summed E-state index contributed by atoms with van der Waals surface area (Å²) in [6.45, 7) is 4.45. The number of nitro groups is 1. The summed E-state index contributed by atoms with van der Waals surface area (Å²) in [4.78, 5) is 35.9. The molecule has 150 valence electrons. The summed E-state index contributed by atoms with van der Waals surface area (Å²) in [6.07, 6.45) is -0.414. The van der Waals surface area contributed by atoms with Crippen molar-refractivity contribution in [3.63, 3.8) is 0 Å². The monoisotopic (exact) mass is 390 g/mol. The maximum Gasteiger partial charge on any atom is 0.337 e. The van der Waals surface area contributed by atoms with E-state index in [1.165, 1.54) is 25.3 Å². The van der Waals surface area contributed by atoms with Gasteiger partial charge in [0.2, 0.25) is 0 Å². The third-order valence-corrected chi connectivity index (χ3v) is 4.19. The number of hydrogen-bond donors (Lipinski definition) is 2. The van der Waals surface area contributed by atoms with Crippen LogP contribution in [-0.2, 0) is 19.1 Å². The number of carbonyl (C=O) groups is 2. The van der Waals surface area contributed by atoms with E-state index in [1.54, 1.807) is 26.8 Å². The molecule has 0 unspecified atom stereocenters. The van der Waals surface area contributed by atoms with Crippen molar-refractivity contribution in [3.8, 4) is 0 Å². The van der Waals surface area contributed by atoms with Crippen molar-refractivity contribution in [1.82, 2.24) is 5.32 Å². The van der Waals surface area contributed by atoms with E-state index in [1.807, 2.05) is 0 Å². The molecule has 0 aromatic heterocycles. The molecule has 9 nitrogen and oxygen atoms in total. The number of aliphatic hydroxyl groups excluding tert-OH is 1. The van der Waals surface area contributed by atoms with Crippen LogP contribution in [0.2, 0.25) is 0 Å². The number of dihydropyridines is 1. The van der Waals surface area contributed by atoms with Crippen molar-refractivity contribution in [1.29, 1.82) is 0 Å². The van der Waals surface area contributed by atoms with Crippen LogP contribution in [0, 0.1) is 10.1 Å². The highest BCUT2D eigenvalue weighted by Gasteiger charge is 2.39. The Kier molecular flexibility index (Phi) is 6.53. The van der Waals surface area contributed by atoms with E-state index in [2.05, 4.69) is 5.32 Å². The second kappa shape index (κ2) is 8.66. The standard InChI is InChI=1S/C19H22N2O7/c1-10(2)28-19(24)15-11(3)20-14(9-22)17(18(23)27-4)16(15)12-6-5-7-13(8-12)21(25)26/h5-8,10,16,20,22H,9H2,1-4H3/t16-/m1/s1. The molecule has 1 aliphatic rings. The van der Waals surface area contributed by atoms with E-state index < -0.39 is 35.5 Å². The number of allylic oxidation sites excluding steroid dienone is 1. The molecule has 9 heteroatoms. The molecule has 2 N–H and O–H groups in total. The first kappa shape index (κ1) is 21.1. The Labute approximate surface area is 161 Å². The third kappa shape index (κ3) is 4.20. The van der Waals surface area contributed by atoms with Gasteiger partial charge in [0.25, 0.3) is 5.69 Å². The molecule has 0 radical (unpaired) electrons. The Hall–Kier alpha value is -3.20. The molecular weight excluding hydrogens is 368 g/mol. The molecule has 2 rings (SSSR count). The molecule has 1 atom stereocenters. The van der Waals surface area contributed by atoms with E-state index in [9.17, 15) is 24.8 Å². The number of esters is 2. The normalized spacial score (nSPS) is 16.7. The lowest BCUT2D eigenvalue weighted by Crippen LogP contribution is -2.34. The minimum Gasteiger partial charge on any atom is -0.466 e. The highest BCUT2D eigenvalue weighted by Crippen LogP contribution is 2.40. The smallest absolute Gasteiger partial charge is 0.337 e. The Bertz CT molecular complexity index is 871. The number of nitrogens with zero attached hydrogens (tertiary/aromatic N) is 1. The quantitative estimate of drug-likeness (QED) is 0.428. The summed E-state index contributed by atoms with van der Waals surface area (Å²) in [5.74, 6) is -2.44. The van der Waals surface area contributed by atoms with Crippen LogP contribution in [0.5, 0.6) is 0 Å². The summed E-state index contributed by atoms with van der Waals surface area (Å²) in [5, 5.41) is 23.8. The minimum atomic E-state index is -0.998. The number of carbonyl (C=O) groups excluding carboxylic acids is 2. The fraction of sp³-hybridized carbons (Fsp3) is 0.368. The van der Waals surface area contributed by atoms with E-state index in [0.717, 1.165) is 0 Å². The van der Waals surface area contributed by atoms with Gasteiger partial charge in [0, 0.05) is 17.8 Å². The first-order valence-electron chi connectivity index (χ1n) is 8.56. The highest BCUT2D eigenvalue weighted by molar-refractivity contribution is 6.00. The molecule has 1 heterocycles. The van der Waals surface area contributed by atoms with E-state index in [4.69, 9.17) is 9.47 Å². The highest BCUT2D eigenvalue weighted by atomic mass is 16.6. The molecule has 1 aliphatic heterocycles. The van der Waals surface area contributed by atoms with Crippen LogP contribution in [-0.4, -0.2) is 41.8 Å². The zero-order chi connectivity index (χ0) is 21.0. The number of methoxy groups -OCH3 is 1. The lowest BCUT2D eigenvalue weighted by molar-refractivity contribution is -0.384. The number of benzene rings is 1. The predicted molar refractivity (Wildman–Crippen MR) is 99.0 cm³/mol. The van der Waals surface area contributed by atoms with Crippen LogP contribution in [0.25, 0.3) is 0 Å². The van der Waals surface area contributed by atoms with Gasteiger partial charge in [-0.25, -0.2) is 9.59 Å². The van der Waals surface area contributed by atoms with E-state index in [-0.39, 0.29) is 22.5 Å². The summed E-state index contributed by atoms with van der Waals surface area (Å²) in [5.41, 5.74) is 0.775. The lowest BCUT2D eigenvalue weighted by atomic mass is 9.80. The first-order valence-corrected chi connectivity index (χ1v) is 8.56. The van der Waals surface area contributed by atoms with Crippen molar-refractivity contribution in [3.05, 3.63) is 62.5 Å². The fourth-order valence-corrected chi connectivity index (χ4v) is 3.07. The van der Waals surface area contributed by atoms with Crippen molar-refractivity contribution in [2.45, 2.75) is 32.8 Å².